The number of thiophene rings is 1. The van der Waals surface area contributed by atoms with Crippen LogP contribution in [-0.4, -0.2) is 24.9 Å². The topological polar surface area (TPSA) is 77.6 Å². The number of hydrogen-bond donors (Lipinski definition) is 0. The molecule has 7 heteroatoms. The van der Waals surface area contributed by atoms with E-state index in [2.05, 4.69) is 78.9 Å². The molecule has 0 aliphatic carbocycles. The molecule has 0 atom stereocenters. The number of aromatic nitrogens is 5. The quantitative estimate of drug-likeness (QED) is 0.169. The third-order valence-corrected chi connectivity index (χ3v) is 11.4. The van der Waals surface area contributed by atoms with Gasteiger partial charge in [-0.05, 0) is 35.4 Å². The minimum atomic E-state index is 0.630. The summed E-state index contributed by atoms with van der Waals surface area (Å²) in [5.41, 5.74) is 10.1. The molecule has 0 saturated heterocycles. The number of benzene rings is 7. The molecule has 0 aliphatic heterocycles. The van der Waals surface area contributed by atoms with Crippen molar-refractivity contribution in [3.63, 3.8) is 0 Å². The Labute approximate surface area is 325 Å². The predicted molar refractivity (Wildman–Crippen MR) is 228 cm³/mol. The largest absolute Gasteiger partial charge is 0.452 e. The fourth-order valence-electron chi connectivity index (χ4n) is 7.44. The lowest BCUT2D eigenvalue weighted by atomic mass is 10.00. The SMILES string of the molecule is c1ccc(-c2nc(-c3ccccc3)nc(-c3cccc(-c4cccc5c4sc4cc(-c6nc(-c7ccccc7)c7oc8ccccc8c7n6)ccc45)c3)n2)cc1. The zero-order valence-electron chi connectivity index (χ0n) is 29.8. The van der Waals surface area contributed by atoms with Gasteiger partial charge in [0.2, 0.25) is 0 Å². The number of nitrogens with zero attached hydrogens (tertiary/aromatic N) is 5. The van der Waals surface area contributed by atoms with Crippen LogP contribution in [0, 0.1) is 0 Å². The van der Waals surface area contributed by atoms with E-state index in [0.29, 0.717) is 28.9 Å². The van der Waals surface area contributed by atoms with Crippen molar-refractivity contribution >= 4 is 53.6 Å². The van der Waals surface area contributed by atoms with Crippen LogP contribution in [0.25, 0.3) is 110 Å². The number of furan rings is 1. The second kappa shape index (κ2) is 13.2. The first-order valence-electron chi connectivity index (χ1n) is 18.4. The summed E-state index contributed by atoms with van der Waals surface area (Å²) in [6.45, 7) is 0. The van der Waals surface area contributed by atoms with E-state index in [1.807, 2.05) is 97.1 Å². The average Bonchev–Trinajstić information content (AvgIpc) is 3.85. The zero-order chi connectivity index (χ0) is 37.0. The number of hydrogen-bond acceptors (Lipinski definition) is 7. The first-order chi connectivity index (χ1) is 27.7. The lowest BCUT2D eigenvalue weighted by Gasteiger charge is -2.10. The zero-order valence-corrected chi connectivity index (χ0v) is 30.6. The van der Waals surface area contributed by atoms with Gasteiger partial charge >= 0.3 is 0 Å². The van der Waals surface area contributed by atoms with Gasteiger partial charge in [0.1, 0.15) is 16.8 Å². The molecule has 7 aromatic carbocycles. The predicted octanol–water partition coefficient (Wildman–Crippen LogP) is 12.9. The molecule has 6 nitrogen and oxygen atoms in total. The Morgan fingerprint density at radius 1 is 0.375 bits per heavy atom. The highest BCUT2D eigenvalue weighted by molar-refractivity contribution is 7.26. The number of rotatable bonds is 6. The van der Waals surface area contributed by atoms with Crippen molar-refractivity contribution in [3.05, 3.63) is 176 Å². The average molecular weight is 736 g/mol. The fourth-order valence-corrected chi connectivity index (χ4v) is 8.72. The summed E-state index contributed by atoms with van der Waals surface area (Å²) in [4.78, 5) is 25.1. The summed E-state index contributed by atoms with van der Waals surface area (Å²) < 4.78 is 8.73. The van der Waals surface area contributed by atoms with Crippen LogP contribution in [0.1, 0.15) is 0 Å². The monoisotopic (exact) mass is 735 g/mol. The van der Waals surface area contributed by atoms with Crippen molar-refractivity contribution in [3.8, 4) is 67.9 Å². The summed E-state index contributed by atoms with van der Waals surface area (Å²) in [6, 6.07) is 60.0. The van der Waals surface area contributed by atoms with Gasteiger partial charge in [0.15, 0.2) is 28.9 Å². The molecule has 56 heavy (non-hydrogen) atoms. The van der Waals surface area contributed by atoms with Gasteiger partial charge in [0.25, 0.3) is 0 Å². The molecule has 0 aliphatic rings. The molecular formula is C49H29N5OS. The molecule has 0 spiro atoms. The van der Waals surface area contributed by atoms with Crippen LogP contribution in [-0.2, 0) is 0 Å². The number of fused-ring (bicyclic) bond motifs is 6. The molecule has 11 aromatic rings. The van der Waals surface area contributed by atoms with E-state index in [9.17, 15) is 0 Å². The van der Waals surface area contributed by atoms with Gasteiger partial charge in [0, 0.05) is 53.4 Å². The summed E-state index contributed by atoms with van der Waals surface area (Å²) in [5, 5.41) is 3.38. The summed E-state index contributed by atoms with van der Waals surface area (Å²) in [6.07, 6.45) is 0. The van der Waals surface area contributed by atoms with Crippen molar-refractivity contribution in [2.75, 3.05) is 0 Å². The minimum Gasteiger partial charge on any atom is -0.452 e. The molecule has 11 rings (SSSR count). The van der Waals surface area contributed by atoms with Gasteiger partial charge in [-0.25, -0.2) is 24.9 Å². The van der Waals surface area contributed by atoms with Crippen LogP contribution < -0.4 is 0 Å². The van der Waals surface area contributed by atoms with E-state index >= 15 is 0 Å². The maximum absolute atomic E-state index is 6.35. The standard InChI is InChI=1S/C49H29N5OS/c1-4-14-30(15-5-1)42-44-43(39-22-10-11-25-40(39)55-44)51-48(50-42)35-26-27-37-38-24-13-23-36(45(38)56-41(37)29-35)33-20-12-21-34(28-33)49-53-46(31-16-6-2-7-17-31)52-47(54-49)32-18-8-3-9-19-32/h1-29H. The molecule has 4 heterocycles. The second-order valence-corrected chi connectivity index (χ2v) is 14.7. The first kappa shape index (κ1) is 32.1. The molecule has 0 saturated carbocycles. The van der Waals surface area contributed by atoms with Crippen LogP contribution in [0.4, 0.5) is 0 Å². The van der Waals surface area contributed by atoms with Gasteiger partial charge in [-0.3, -0.25) is 0 Å². The molecule has 4 aromatic heterocycles. The lowest BCUT2D eigenvalue weighted by molar-refractivity contribution is 0.667. The third kappa shape index (κ3) is 5.52. The smallest absolute Gasteiger partial charge is 0.180 e. The Morgan fingerprint density at radius 3 is 1.66 bits per heavy atom. The van der Waals surface area contributed by atoms with Crippen LogP contribution in [0.3, 0.4) is 0 Å². The van der Waals surface area contributed by atoms with Gasteiger partial charge in [0.05, 0.1) is 0 Å². The molecular weight excluding hydrogens is 707 g/mol. The van der Waals surface area contributed by atoms with Gasteiger partial charge in [-0.1, -0.05) is 152 Å². The van der Waals surface area contributed by atoms with Gasteiger partial charge in [-0.2, -0.15) is 0 Å². The Bertz CT molecular complexity index is 3190. The lowest BCUT2D eigenvalue weighted by Crippen LogP contribution is -2.00. The molecule has 0 amide bonds. The highest BCUT2D eigenvalue weighted by atomic mass is 32.1. The maximum atomic E-state index is 6.35. The van der Waals surface area contributed by atoms with Crippen LogP contribution in [0.5, 0.6) is 0 Å². The molecule has 0 unspecified atom stereocenters. The van der Waals surface area contributed by atoms with Crippen molar-refractivity contribution in [2.45, 2.75) is 0 Å². The Kier molecular flexibility index (Phi) is 7.57. The summed E-state index contributed by atoms with van der Waals surface area (Å²) in [5.74, 6) is 2.58. The van der Waals surface area contributed by atoms with E-state index < -0.39 is 0 Å². The molecule has 262 valence electrons. The third-order valence-electron chi connectivity index (χ3n) is 10.2. The van der Waals surface area contributed by atoms with Crippen LogP contribution in [0.15, 0.2) is 180 Å². The van der Waals surface area contributed by atoms with E-state index in [4.69, 9.17) is 29.3 Å². The van der Waals surface area contributed by atoms with E-state index in [1.165, 1.54) is 20.2 Å². The van der Waals surface area contributed by atoms with Crippen LogP contribution >= 0.6 is 11.3 Å². The maximum Gasteiger partial charge on any atom is 0.180 e. The first-order valence-corrected chi connectivity index (χ1v) is 19.2. The molecule has 0 N–H and O–H groups in total. The van der Waals surface area contributed by atoms with Gasteiger partial charge < -0.3 is 4.42 Å². The Balaban J connectivity index is 1.03. The highest BCUT2D eigenvalue weighted by Crippen LogP contribution is 2.42. The molecule has 0 fully saturated rings. The highest BCUT2D eigenvalue weighted by Gasteiger charge is 2.20. The summed E-state index contributed by atoms with van der Waals surface area (Å²) in [7, 11) is 0. The van der Waals surface area contributed by atoms with Crippen molar-refractivity contribution in [1.29, 1.82) is 0 Å². The fraction of sp³-hybridized carbons (Fsp3) is 0. The van der Waals surface area contributed by atoms with Crippen molar-refractivity contribution < 1.29 is 4.42 Å². The Hall–Kier alpha value is -7.35. The Morgan fingerprint density at radius 2 is 0.929 bits per heavy atom. The normalized spacial score (nSPS) is 11.6. The van der Waals surface area contributed by atoms with Crippen molar-refractivity contribution in [1.82, 2.24) is 24.9 Å². The van der Waals surface area contributed by atoms with Gasteiger partial charge in [-0.15, -0.1) is 11.3 Å². The molecule has 0 radical (unpaired) electrons. The number of para-hydroxylation sites is 1. The molecule has 0 bridgehead atoms. The summed E-state index contributed by atoms with van der Waals surface area (Å²) >= 11 is 1.79. The van der Waals surface area contributed by atoms with E-state index in [-0.39, 0.29) is 0 Å². The van der Waals surface area contributed by atoms with Crippen molar-refractivity contribution in [2.24, 2.45) is 0 Å². The second-order valence-electron chi connectivity index (χ2n) is 13.7. The van der Waals surface area contributed by atoms with E-state index in [1.54, 1.807) is 11.3 Å². The minimum absolute atomic E-state index is 0.630. The van der Waals surface area contributed by atoms with E-state index in [0.717, 1.165) is 61.1 Å². The van der Waals surface area contributed by atoms with Crippen LogP contribution in [0.2, 0.25) is 0 Å².